The van der Waals surface area contributed by atoms with Crippen LogP contribution in [0.25, 0.3) is 0 Å². The van der Waals surface area contributed by atoms with Gasteiger partial charge >= 0.3 is 0 Å². The molecule has 1 aromatic rings. The molecule has 0 fully saturated rings. The van der Waals surface area contributed by atoms with Gasteiger partial charge in [-0.15, -0.1) is 12.4 Å². The highest BCUT2D eigenvalue weighted by Gasteiger charge is 1.99. The van der Waals surface area contributed by atoms with Crippen LogP contribution < -0.4 is 10.5 Å². The van der Waals surface area contributed by atoms with Gasteiger partial charge in [-0.3, -0.25) is 4.98 Å². The molecule has 1 heterocycles. The molecule has 4 nitrogen and oxygen atoms in total. The number of hydrogen-bond acceptors (Lipinski definition) is 4. The number of halogens is 1. The molecular weight excluding hydrogens is 166 g/mol. The van der Waals surface area contributed by atoms with Crippen LogP contribution >= 0.6 is 12.4 Å². The molecule has 0 aliphatic heterocycles. The Labute approximate surface area is 71.2 Å². The molecule has 0 aliphatic carbocycles. The molecule has 5 heteroatoms. The van der Waals surface area contributed by atoms with Gasteiger partial charge in [0.15, 0.2) is 0 Å². The third kappa shape index (κ3) is 2.32. The number of nitrogens with two attached hydrogens (primary N) is 1. The molecule has 0 unspecified atom stereocenters. The first-order chi connectivity index (χ1) is 4.88. The topological polar surface area (TPSA) is 61.0 Å². The van der Waals surface area contributed by atoms with Crippen LogP contribution in [-0.2, 0) is 6.54 Å². The molecule has 0 amide bonds. The Morgan fingerprint density at radius 3 is 2.55 bits per heavy atom. The lowest BCUT2D eigenvalue weighted by Gasteiger charge is -2.01. The summed E-state index contributed by atoms with van der Waals surface area (Å²) in [6.45, 7) is 0.358. The summed E-state index contributed by atoms with van der Waals surface area (Å²) in [5, 5.41) is 0. The summed E-state index contributed by atoms with van der Waals surface area (Å²) in [5.74, 6) is 0.505. The fourth-order valence-electron chi connectivity index (χ4n) is 0.665. The van der Waals surface area contributed by atoms with Crippen LogP contribution in [0, 0.1) is 0 Å². The number of aromatic nitrogens is 2. The van der Waals surface area contributed by atoms with Crippen molar-refractivity contribution >= 4 is 12.4 Å². The third-order valence-electron chi connectivity index (χ3n) is 1.12. The minimum absolute atomic E-state index is 0. The number of nitrogens with zero attached hydrogens (tertiary/aromatic N) is 2. The van der Waals surface area contributed by atoms with Crippen LogP contribution in [-0.4, -0.2) is 17.1 Å². The standard InChI is InChI=1S/C6H9N3O.ClH/c1-10-6-5(4-7)8-2-3-9-6;/h2-3H,4,7H2,1H3;1H. The van der Waals surface area contributed by atoms with Crippen molar-refractivity contribution in [1.29, 1.82) is 0 Å². The van der Waals surface area contributed by atoms with E-state index in [-0.39, 0.29) is 12.4 Å². The Balaban J connectivity index is 0.000001000. The number of methoxy groups -OCH3 is 1. The second-order valence-corrected chi connectivity index (χ2v) is 1.72. The van der Waals surface area contributed by atoms with Crippen LogP contribution in [0.1, 0.15) is 5.69 Å². The van der Waals surface area contributed by atoms with Crippen LogP contribution in [0.5, 0.6) is 5.88 Å². The summed E-state index contributed by atoms with van der Waals surface area (Å²) in [6.07, 6.45) is 3.16. The van der Waals surface area contributed by atoms with Crippen LogP contribution in [0.4, 0.5) is 0 Å². The van der Waals surface area contributed by atoms with Gasteiger partial charge in [0, 0.05) is 18.9 Å². The SMILES string of the molecule is COc1nccnc1CN.Cl. The van der Waals surface area contributed by atoms with E-state index in [2.05, 4.69) is 9.97 Å². The van der Waals surface area contributed by atoms with E-state index < -0.39 is 0 Å². The Hall–Kier alpha value is -0.870. The minimum atomic E-state index is 0. The molecule has 1 rings (SSSR count). The zero-order valence-electron chi connectivity index (χ0n) is 6.15. The molecule has 0 bridgehead atoms. The van der Waals surface area contributed by atoms with Crippen molar-refractivity contribution in [3.05, 3.63) is 18.1 Å². The lowest BCUT2D eigenvalue weighted by molar-refractivity contribution is 0.389. The Bertz CT molecular complexity index is 196. The van der Waals surface area contributed by atoms with Gasteiger partial charge < -0.3 is 10.5 Å². The molecule has 62 valence electrons. The van der Waals surface area contributed by atoms with E-state index in [0.717, 1.165) is 0 Å². The highest BCUT2D eigenvalue weighted by molar-refractivity contribution is 5.85. The van der Waals surface area contributed by atoms with Crippen LogP contribution in [0.2, 0.25) is 0 Å². The summed E-state index contributed by atoms with van der Waals surface area (Å²) in [7, 11) is 1.54. The van der Waals surface area contributed by atoms with E-state index in [1.807, 2.05) is 0 Å². The molecule has 11 heavy (non-hydrogen) atoms. The molecule has 0 atom stereocenters. The normalized spacial score (nSPS) is 8.55. The summed E-state index contributed by atoms with van der Waals surface area (Å²) < 4.78 is 4.88. The van der Waals surface area contributed by atoms with Crippen LogP contribution in [0.3, 0.4) is 0 Å². The predicted molar refractivity (Wildman–Crippen MR) is 43.7 cm³/mol. The fourth-order valence-corrected chi connectivity index (χ4v) is 0.665. The van der Waals surface area contributed by atoms with Crippen molar-refractivity contribution in [2.24, 2.45) is 5.73 Å². The highest BCUT2D eigenvalue weighted by atomic mass is 35.5. The zero-order chi connectivity index (χ0) is 7.40. The summed E-state index contributed by atoms with van der Waals surface area (Å²) in [5.41, 5.74) is 6.03. The summed E-state index contributed by atoms with van der Waals surface area (Å²) >= 11 is 0. The van der Waals surface area contributed by atoms with Gasteiger partial charge in [-0.05, 0) is 0 Å². The molecule has 0 aliphatic rings. The van der Waals surface area contributed by atoms with Gasteiger partial charge in [-0.1, -0.05) is 0 Å². The average molecular weight is 176 g/mol. The smallest absolute Gasteiger partial charge is 0.236 e. The molecule has 0 spiro atoms. The van der Waals surface area contributed by atoms with Gasteiger partial charge in [-0.25, -0.2) is 4.98 Å². The second kappa shape index (κ2) is 4.87. The molecule has 0 radical (unpaired) electrons. The van der Waals surface area contributed by atoms with E-state index in [0.29, 0.717) is 18.1 Å². The van der Waals surface area contributed by atoms with Gasteiger partial charge in [0.05, 0.1) is 7.11 Å². The van der Waals surface area contributed by atoms with Gasteiger partial charge in [0.2, 0.25) is 5.88 Å². The quantitative estimate of drug-likeness (QED) is 0.706. The van der Waals surface area contributed by atoms with E-state index in [1.165, 1.54) is 0 Å². The third-order valence-corrected chi connectivity index (χ3v) is 1.12. The van der Waals surface area contributed by atoms with Crippen molar-refractivity contribution in [2.75, 3.05) is 7.11 Å². The maximum Gasteiger partial charge on any atom is 0.236 e. The monoisotopic (exact) mass is 175 g/mol. The molecular formula is C6H10ClN3O. The number of rotatable bonds is 2. The van der Waals surface area contributed by atoms with Crippen LogP contribution in [0.15, 0.2) is 12.4 Å². The van der Waals surface area contributed by atoms with Gasteiger partial charge in [0.1, 0.15) is 5.69 Å². The molecule has 0 saturated carbocycles. The summed E-state index contributed by atoms with van der Waals surface area (Å²) in [6, 6.07) is 0. The van der Waals surface area contributed by atoms with E-state index in [4.69, 9.17) is 10.5 Å². The van der Waals surface area contributed by atoms with Crippen molar-refractivity contribution in [3.8, 4) is 5.88 Å². The van der Waals surface area contributed by atoms with Crippen molar-refractivity contribution in [3.63, 3.8) is 0 Å². The van der Waals surface area contributed by atoms with Gasteiger partial charge in [-0.2, -0.15) is 0 Å². The van der Waals surface area contributed by atoms with Crippen molar-refractivity contribution in [1.82, 2.24) is 9.97 Å². The van der Waals surface area contributed by atoms with Gasteiger partial charge in [0.25, 0.3) is 0 Å². The van der Waals surface area contributed by atoms with E-state index in [9.17, 15) is 0 Å². The molecule has 0 aromatic carbocycles. The lowest BCUT2D eigenvalue weighted by Crippen LogP contribution is -2.03. The Kier molecular flexibility index (Phi) is 4.49. The van der Waals surface area contributed by atoms with E-state index in [1.54, 1.807) is 19.5 Å². The predicted octanol–water partition coefficient (Wildman–Crippen LogP) is 0.366. The zero-order valence-corrected chi connectivity index (χ0v) is 6.97. The largest absolute Gasteiger partial charge is 0.480 e. The highest BCUT2D eigenvalue weighted by Crippen LogP contribution is 2.07. The van der Waals surface area contributed by atoms with E-state index >= 15 is 0 Å². The first-order valence-corrected chi connectivity index (χ1v) is 2.92. The molecule has 0 saturated heterocycles. The maximum absolute atomic E-state index is 5.34. The number of hydrogen-bond donors (Lipinski definition) is 1. The molecule has 1 aromatic heterocycles. The minimum Gasteiger partial charge on any atom is -0.480 e. The fraction of sp³-hybridized carbons (Fsp3) is 0.333. The lowest BCUT2D eigenvalue weighted by atomic mass is 10.4. The Morgan fingerprint density at radius 1 is 1.45 bits per heavy atom. The average Bonchev–Trinajstić information content (AvgIpc) is 2.04. The Morgan fingerprint density at radius 2 is 2.09 bits per heavy atom. The second-order valence-electron chi connectivity index (χ2n) is 1.72. The first-order valence-electron chi connectivity index (χ1n) is 2.92. The van der Waals surface area contributed by atoms with Crippen molar-refractivity contribution in [2.45, 2.75) is 6.54 Å². The molecule has 2 N–H and O–H groups in total. The first kappa shape index (κ1) is 10.1. The van der Waals surface area contributed by atoms with Crippen molar-refractivity contribution < 1.29 is 4.74 Å². The summed E-state index contributed by atoms with van der Waals surface area (Å²) in [4.78, 5) is 7.86. The number of ether oxygens (including phenoxy) is 1. The maximum atomic E-state index is 5.34.